The predicted octanol–water partition coefficient (Wildman–Crippen LogP) is 26.2. The number of hydrogen-bond donors (Lipinski definition) is 4. The number of carbonyl (C=O) groups excluding carboxylic acids is 3. The Hall–Kier alpha value is -4.31. The second kappa shape index (κ2) is 83.1. The van der Waals surface area contributed by atoms with E-state index in [0.717, 1.165) is 154 Å². The maximum Gasteiger partial charge on any atom is 0.472 e. The first kappa shape index (κ1) is 105. The number of hydrogen-bond acceptors (Lipinski definition) is 14. The summed E-state index contributed by atoms with van der Waals surface area (Å²) in [5.41, 5.74) is 0. The minimum absolute atomic E-state index is 0.103. The van der Waals surface area contributed by atoms with Crippen LogP contribution in [0.5, 0.6) is 0 Å². The van der Waals surface area contributed by atoms with Crippen molar-refractivity contribution in [2.75, 3.05) is 39.6 Å². The van der Waals surface area contributed by atoms with Gasteiger partial charge in [0.25, 0.3) is 0 Å². The van der Waals surface area contributed by atoms with E-state index in [0.29, 0.717) is 19.3 Å². The number of esters is 3. The Labute approximate surface area is 665 Å². The highest BCUT2D eigenvalue weighted by Crippen LogP contribution is 2.45. The van der Waals surface area contributed by atoms with Crippen LogP contribution >= 0.6 is 15.6 Å². The van der Waals surface area contributed by atoms with Gasteiger partial charge < -0.3 is 34.2 Å². The van der Waals surface area contributed by atoms with Gasteiger partial charge in [-0.15, -0.1) is 0 Å². The lowest BCUT2D eigenvalue weighted by atomic mass is 10.0. The van der Waals surface area contributed by atoms with Crippen molar-refractivity contribution in [3.8, 4) is 0 Å². The number of phosphoric acid groups is 2. The molecule has 0 aromatic carbocycles. The molecule has 0 amide bonds. The number of allylic oxidation sites excluding steroid dienone is 22. The summed E-state index contributed by atoms with van der Waals surface area (Å²) in [7, 11) is -9.79. The van der Waals surface area contributed by atoms with Crippen LogP contribution < -0.4 is 0 Å². The van der Waals surface area contributed by atoms with Crippen molar-refractivity contribution in [1.29, 1.82) is 0 Å². The fourth-order valence-electron chi connectivity index (χ4n) is 11.8. The lowest BCUT2D eigenvalue weighted by molar-refractivity contribution is -0.161. The Balaban J connectivity index is 4.40. The number of ether oxygens (including phenoxy) is 3. The van der Waals surface area contributed by atoms with Crippen LogP contribution in [0.4, 0.5) is 0 Å². The summed E-state index contributed by atoms with van der Waals surface area (Å²) < 4.78 is 61.3. The van der Waals surface area contributed by atoms with Gasteiger partial charge in [0.2, 0.25) is 0 Å². The van der Waals surface area contributed by atoms with Crippen molar-refractivity contribution >= 4 is 33.6 Å². The number of rotatable bonds is 82. The quantitative estimate of drug-likeness (QED) is 0.0146. The molecule has 5 unspecified atom stereocenters. The highest BCUT2D eigenvalue weighted by Gasteiger charge is 2.29. The van der Waals surface area contributed by atoms with E-state index in [1.165, 1.54) is 154 Å². The predicted molar refractivity (Wildman–Crippen MR) is 454 cm³/mol. The fraction of sp³-hybridized carbons (Fsp3) is 0.725. The van der Waals surface area contributed by atoms with Crippen molar-refractivity contribution < 1.29 is 75.8 Å². The Morgan fingerprint density at radius 1 is 0.266 bits per heavy atom. The summed E-state index contributed by atoms with van der Waals surface area (Å²) in [5.74, 6) is -1.58. The van der Waals surface area contributed by atoms with E-state index in [4.69, 9.17) is 32.3 Å². The van der Waals surface area contributed by atoms with Crippen LogP contribution in [0, 0.1) is 0 Å². The van der Waals surface area contributed by atoms with Gasteiger partial charge in [-0.2, -0.15) is 0 Å². The molecule has 0 saturated carbocycles. The number of phosphoric ester groups is 2. The zero-order valence-corrected chi connectivity index (χ0v) is 70.7. The van der Waals surface area contributed by atoms with Crippen LogP contribution in [0.25, 0.3) is 0 Å². The van der Waals surface area contributed by atoms with Crippen LogP contribution in [0.1, 0.15) is 367 Å². The van der Waals surface area contributed by atoms with E-state index in [1.807, 2.05) is 0 Å². The zero-order chi connectivity index (χ0) is 79.4. The van der Waals surface area contributed by atoms with Gasteiger partial charge in [0.05, 0.1) is 26.4 Å². The molecule has 0 bridgehead atoms. The largest absolute Gasteiger partial charge is 0.472 e. The third-order valence-corrected chi connectivity index (χ3v) is 20.3. The first-order chi connectivity index (χ1) is 53.2. The highest BCUT2D eigenvalue weighted by molar-refractivity contribution is 7.47. The van der Waals surface area contributed by atoms with Gasteiger partial charge in [-0.3, -0.25) is 32.5 Å². The Morgan fingerprint density at radius 2 is 0.486 bits per heavy atom. The SMILES string of the molecule is CC/C=C\C/C=C\C/C=C\C/C=C\C/C=C\C/C=C\CCCCCCCCC(=O)OCC(COP(=O)(O)OCC(O)COP(=O)(O)OCC(O)COC(=O)CCCCCCCCCCCCCCCCCCCCC/C=C\C/C=C\C/C=C\C/C=C\C/C=C\CC)OC(=O)CCCCCCCCCCCCCCC. The first-order valence-corrected chi connectivity index (χ1v) is 46.5. The summed E-state index contributed by atoms with van der Waals surface area (Å²) in [6.45, 7) is 2.48. The second-order valence-electron chi connectivity index (χ2n) is 28.9. The summed E-state index contributed by atoms with van der Waals surface area (Å²) in [6.07, 6.45) is 102. The van der Waals surface area contributed by atoms with E-state index in [1.54, 1.807) is 0 Å². The van der Waals surface area contributed by atoms with Crippen molar-refractivity contribution in [3.63, 3.8) is 0 Å². The Kier molecular flexibility index (Phi) is 79.8. The molecule has 0 aromatic rings. The molecule has 4 N–H and O–H groups in total. The molecule has 0 aliphatic rings. The molecular formula is C91H158O16P2. The average molecular weight is 1570 g/mol. The molecule has 5 atom stereocenters. The van der Waals surface area contributed by atoms with Gasteiger partial charge in [0.15, 0.2) is 6.10 Å². The van der Waals surface area contributed by atoms with Crippen LogP contribution in [0.15, 0.2) is 134 Å². The Bertz CT molecular complexity index is 2510. The summed E-state index contributed by atoms with van der Waals surface area (Å²) in [5, 5.41) is 20.7. The van der Waals surface area contributed by atoms with Gasteiger partial charge >= 0.3 is 33.6 Å². The average Bonchev–Trinajstić information content (AvgIpc) is 0.903. The molecule has 16 nitrogen and oxygen atoms in total. The minimum Gasteiger partial charge on any atom is -0.463 e. The molecule has 0 fully saturated rings. The van der Waals surface area contributed by atoms with E-state index in [-0.39, 0.29) is 19.3 Å². The van der Waals surface area contributed by atoms with Gasteiger partial charge in [-0.25, -0.2) is 9.13 Å². The third kappa shape index (κ3) is 84.4. The van der Waals surface area contributed by atoms with Crippen LogP contribution in [0.3, 0.4) is 0 Å². The van der Waals surface area contributed by atoms with Gasteiger partial charge in [0.1, 0.15) is 25.4 Å². The molecule has 0 spiro atoms. The lowest BCUT2D eigenvalue weighted by Gasteiger charge is -2.21. The summed E-state index contributed by atoms with van der Waals surface area (Å²) in [4.78, 5) is 58.7. The second-order valence-corrected chi connectivity index (χ2v) is 31.8. The van der Waals surface area contributed by atoms with Crippen molar-refractivity contribution in [2.24, 2.45) is 0 Å². The molecular weight excluding hydrogens is 1410 g/mol. The van der Waals surface area contributed by atoms with Crippen molar-refractivity contribution in [2.45, 2.75) is 386 Å². The topological polar surface area (TPSA) is 231 Å². The van der Waals surface area contributed by atoms with Crippen LogP contribution in [-0.2, 0) is 55.8 Å². The molecule has 109 heavy (non-hydrogen) atoms. The monoisotopic (exact) mass is 1570 g/mol. The normalized spacial score (nSPS) is 14.5. The summed E-state index contributed by atoms with van der Waals surface area (Å²) in [6, 6.07) is 0. The first-order valence-electron chi connectivity index (χ1n) is 43.5. The van der Waals surface area contributed by atoms with Crippen LogP contribution in [-0.4, -0.2) is 95.9 Å². The van der Waals surface area contributed by atoms with Gasteiger partial charge in [0, 0.05) is 19.3 Å². The summed E-state index contributed by atoms with van der Waals surface area (Å²) >= 11 is 0. The molecule has 0 aliphatic heterocycles. The number of aliphatic hydroxyl groups excluding tert-OH is 2. The van der Waals surface area contributed by atoms with E-state index < -0.39 is 91.5 Å². The fourth-order valence-corrected chi connectivity index (χ4v) is 13.4. The standard InChI is InChI=1S/C91H158O16P2/c1-4-7-10-13-16-19-22-25-27-29-31-33-35-37-38-39-40-41-42-43-44-45-46-48-50-51-53-55-57-60-62-65-68-71-74-77-89(94)101-80-86(92)81-103-108(97,98)104-82-87(93)83-105-109(99,100)106-85-88(107-91(96)79-76-73-70-67-64-59-24-21-18-15-12-9-6-3)84-102-90(95)78-75-72-69-66-63-61-58-56-54-52-49-47-36-34-32-30-28-26-23-20-17-14-11-8-5-2/h7-8,10-11,16-17,19-20,25-28,31-34,37-38,47,49,54,56,86-88,92-93H,4-6,9,12-15,18,21-24,29-30,35-36,39-46,48,50-53,55,57-85H2,1-3H3,(H,97,98)(H,99,100)/b10-7-,11-8-,19-16-,20-17-,27-25-,28-26-,33-31-,34-32-,38-37-,49-47-,56-54-. The molecule has 0 rings (SSSR count). The van der Waals surface area contributed by atoms with Crippen LogP contribution in [0.2, 0.25) is 0 Å². The van der Waals surface area contributed by atoms with E-state index >= 15 is 0 Å². The maximum atomic E-state index is 13.0. The van der Waals surface area contributed by atoms with Gasteiger partial charge in [-0.1, -0.05) is 366 Å². The third-order valence-electron chi connectivity index (χ3n) is 18.4. The number of unbranched alkanes of at least 4 members (excludes halogenated alkanes) is 37. The molecule has 18 heteroatoms. The van der Waals surface area contributed by atoms with Crippen molar-refractivity contribution in [3.05, 3.63) is 134 Å². The van der Waals surface area contributed by atoms with Crippen molar-refractivity contribution in [1.82, 2.24) is 0 Å². The molecule has 0 saturated heterocycles. The Morgan fingerprint density at radius 3 is 0.771 bits per heavy atom. The number of aliphatic hydroxyl groups is 2. The maximum absolute atomic E-state index is 13.0. The highest BCUT2D eigenvalue weighted by atomic mass is 31.2. The number of carbonyl (C=O) groups is 3. The van der Waals surface area contributed by atoms with E-state index in [9.17, 15) is 43.5 Å². The zero-order valence-electron chi connectivity index (χ0n) is 68.9. The van der Waals surface area contributed by atoms with Gasteiger partial charge in [-0.05, 0) is 116 Å². The molecule has 0 aromatic heterocycles. The smallest absolute Gasteiger partial charge is 0.463 e. The molecule has 0 aliphatic carbocycles. The molecule has 628 valence electrons. The van der Waals surface area contributed by atoms with E-state index in [2.05, 4.69) is 154 Å². The molecule has 0 heterocycles. The lowest BCUT2D eigenvalue weighted by Crippen LogP contribution is -2.30. The molecule has 0 radical (unpaired) electrons. The minimum atomic E-state index is -4.93.